The summed E-state index contributed by atoms with van der Waals surface area (Å²) in [5, 5.41) is 0.487. The number of sulfonamides is 1. The number of amides is 1. The Bertz CT molecular complexity index is 1540. The van der Waals surface area contributed by atoms with Gasteiger partial charge in [0.2, 0.25) is 10.0 Å². The van der Waals surface area contributed by atoms with E-state index < -0.39 is 10.0 Å². The first-order valence-electron chi connectivity index (χ1n) is 13.4. The van der Waals surface area contributed by atoms with Crippen LogP contribution in [-0.2, 0) is 16.6 Å². The van der Waals surface area contributed by atoms with Crippen LogP contribution in [0, 0.1) is 11.8 Å². The summed E-state index contributed by atoms with van der Waals surface area (Å²) in [6, 6.07) is 13.5. The second-order valence-corrected chi connectivity index (χ2v) is 13.5. The van der Waals surface area contributed by atoms with Crippen molar-refractivity contribution in [1.29, 1.82) is 0 Å². The summed E-state index contributed by atoms with van der Waals surface area (Å²) in [5.41, 5.74) is 1.84. The smallest absolute Gasteiger partial charge is 0.260 e. The van der Waals surface area contributed by atoms with Gasteiger partial charge in [-0.2, -0.15) is 4.31 Å². The second kappa shape index (κ2) is 13.0. The van der Waals surface area contributed by atoms with Crippen molar-refractivity contribution in [3.05, 3.63) is 72.1 Å². The minimum absolute atomic E-state index is 0.160. The van der Waals surface area contributed by atoms with E-state index in [0.29, 0.717) is 40.8 Å². The molecule has 0 aliphatic rings. The predicted molar refractivity (Wildman–Crippen MR) is 162 cm³/mol. The number of methoxy groups -OCH3 is 2. The first-order valence-corrected chi connectivity index (χ1v) is 15.6. The van der Waals surface area contributed by atoms with E-state index in [0.717, 1.165) is 10.3 Å². The maximum atomic E-state index is 13.9. The number of hydrogen-bond donors (Lipinski definition) is 0. The molecule has 0 aliphatic carbocycles. The Morgan fingerprint density at radius 2 is 1.59 bits per heavy atom. The Kier molecular flexibility index (Phi) is 9.62. The highest BCUT2D eigenvalue weighted by atomic mass is 32.2. The third-order valence-electron chi connectivity index (χ3n) is 6.30. The number of rotatable bonds is 12. The van der Waals surface area contributed by atoms with Crippen LogP contribution in [0.1, 0.15) is 43.6 Å². The molecule has 0 atom stereocenters. The molecular weight excluding hydrogens is 560 g/mol. The Morgan fingerprint density at radius 1 is 0.951 bits per heavy atom. The lowest BCUT2D eigenvalue weighted by atomic mass is 10.2. The first-order chi connectivity index (χ1) is 19.5. The average Bonchev–Trinajstić information content (AvgIpc) is 3.37. The van der Waals surface area contributed by atoms with Gasteiger partial charge in [0.15, 0.2) is 16.6 Å². The number of fused-ring (bicyclic) bond motifs is 1. The van der Waals surface area contributed by atoms with Crippen molar-refractivity contribution in [1.82, 2.24) is 14.3 Å². The van der Waals surface area contributed by atoms with Crippen molar-refractivity contribution >= 4 is 42.6 Å². The van der Waals surface area contributed by atoms with Crippen molar-refractivity contribution in [2.75, 3.05) is 32.2 Å². The van der Waals surface area contributed by atoms with Gasteiger partial charge in [0.25, 0.3) is 5.91 Å². The van der Waals surface area contributed by atoms with E-state index in [1.165, 1.54) is 27.8 Å². The van der Waals surface area contributed by atoms with E-state index in [9.17, 15) is 13.2 Å². The summed E-state index contributed by atoms with van der Waals surface area (Å²) in [7, 11) is -0.592. The molecule has 1 amide bonds. The number of thiazole rings is 1. The third kappa shape index (κ3) is 7.03. The van der Waals surface area contributed by atoms with Crippen LogP contribution in [-0.4, -0.2) is 55.9 Å². The fourth-order valence-corrected chi connectivity index (χ4v) is 7.16. The number of carbonyl (C=O) groups is 1. The van der Waals surface area contributed by atoms with Crippen LogP contribution in [0.25, 0.3) is 10.2 Å². The molecule has 0 N–H and O–H groups in total. The van der Waals surface area contributed by atoms with Gasteiger partial charge in [-0.05, 0) is 47.7 Å². The third-order valence-corrected chi connectivity index (χ3v) is 9.19. The van der Waals surface area contributed by atoms with Crippen LogP contribution in [0.15, 0.2) is 65.8 Å². The topological polar surface area (TPSA) is 102 Å². The summed E-state index contributed by atoms with van der Waals surface area (Å²) in [6.45, 7) is 9.06. The lowest BCUT2D eigenvalue weighted by molar-refractivity contribution is 0.0985. The highest BCUT2D eigenvalue weighted by molar-refractivity contribution is 7.89. The fourth-order valence-electron chi connectivity index (χ4n) is 4.42. The summed E-state index contributed by atoms with van der Waals surface area (Å²) < 4.78 is 40.2. The Morgan fingerprint density at radius 3 is 2.15 bits per heavy atom. The number of anilines is 1. The van der Waals surface area contributed by atoms with Gasteiger partial charge in [0.1, 0.15) is 0 Å². The van der Waals surface area contributed by atoms with Crippen molar-refractivity contribution in [3.8, 4) is 11.5 Å². The maximum Gasteiger partial charge on any atom is 0.260 e. The zero-order chi connectivity index (χ0) is 29.7. The van der Waals surface area contributed by atoms with Crippen LogP contribution < -0.4 is 14.4 Å². The summed E-state index contributed by atoms with van der Waals surface area (Å²) in [4.78, 5) is 24.6. The van der Waals surface area contributed by atoms with E-state index in [1.807, 2.05) is 45.9 Å². The fraction of sp³-hybridized carbons (Fsp3) is 0.367. The highest BCUT2D eigenvalue weighted by Gasteiger charge is 2.27. The van der Waals surface area contributed by atoms with Crippen molar-refractivity contribution < 1.29 is 22.7 Å². The Labute approximate surface area is 245 Å². The number of carbonyl (C=O) groups excluding carboxylic acids is 1. The number of aromatic nitrogens is 2. The van der Waals surface area contributed by atoms with Crippen molar-refractivity contribution in [3.63, 3.8) is 0 Å². The molecule has 0 radical (unpaired) electrons. The average molecular weight is 597 g/mol. The van der Waals surface area contributed by atoms with Crippen molar-refractivity contribution in [2.45, 2.75) is 39.1 Å². The molecule has 11 heteroatoms. The van der Waals surface area contributed by atoms with Gasteiger partial charge >= 0.3 is 0 Å². The molecule has 0 bridgehead atoms. The van der Waals surface area contributed by atoms with Gasteiger partial charge in [-0.15, -0.1) is 0 Å². The minimum Gasteiger partial charge on any atom is -0.493 e. The lowest BCUT2D eigenvalue weighted by Crippen LogP contribution is -2.37. The van der Waals surface area contributed by atoms with Gasteiger partial charge in [0.05, 0.1) is 35.9 Å². The normalized spacial score (nSPS) is 11.9. The molecule has 4 rings (SSSR count). The molecule has 9 nitrogen and oxygen atoms in total. The van der Waals surface area contributed by atoms with E-state index in [-0.39, 0.29) is 29.2 Å². The van der Waals surface area contributed by atoms with Crippen LogP contribution in [0.2, 0.25) is 0 Å². The van der Waals surface area contributed by atoms with E-state index in [4.69, 9.17) is 14.5 Å². The molecule has 0 aliphatic heterocycles. The van der Waals surface area contributed by atoms with Gasteiger partial charge in [-0.3, -0.25) is 14.7 Å². The van der Waals surface area contributed by atoms with E-state index in [1.54, 1.807) is 49.7 Å². The summed E-state index contributed by atoms with van der Waals surface area (Å²) in [6.07, 6.45) is 3.38. The first kappa shape index (κ1) is 30.4. The van der Waals surface area contributed by atoms with Gasteiger partial charge in [-0.25, -0.2) is 13.4 Å². The molecular formula is C30H36N4O5S2. The Balaban J connectivity index is 1.70. The van der Waals surface area contributed by atoms with Crippen molar-refractivity contribution in [2.24, 2.45) is 11.8 Å². The van der Waals surface area contributed by atoms with E-state index >= 15 is 0 Å². The quantitative estimate of drug-likeness (QED) is 0.202. The zero-order valence-corrected chi connectivity index (χ0v) is 25.8. The van der Waals surface area contributed by atoms with Gasteiger partial charge < -0.3 is 9.47 Å². The Hall–Kier alpha value is -3.54. The zero-order valence-electron chi connectivity index (χ0n) is 24.2. The minimum atomic E-state index is -3.72. The number of pyridine rings is 1. The SMILES string of the molecule is COc1cc2nc(N(Cc3cccnc3)C(=O)c3ccc(S(=O)(=O)N(CC(C)C)CC(C)C)cc3)sc2cc1OC. The van der Waals surface area contributed by atoms with Gasteiger partial charge in [-0.1, -0.05) is 45.1 Å². The number of benzene rings is 2. The summed E-state index contributed by atoms with van der Waals surface area (Å²) >= 11 is 1.35. The van der Waals surface area contributed by atoms with Crippen LogP contribution in [0.3, 0.4) is 0 Å². The molecule has 218 valence electrons. The van der Waals surface area contributed by atoms with Crippen LogP contribution in [0.5, 0.6) is 11.5 Å². The molecule has 0 saturated carbocycles. The number of nitrogens with zero attached hydrogens (tertiary/aromatic N) is 4. The molecule has 0 spiro atoms. The molecule has 0 unspecified atom stereocenters. The lowest BCUT2D eigenvalue weighted by Gasteiger charge is -2.26. The van der Waals surface area contributed by atoms with Gasteiger partial charge in [0, 0.05) is 43.2 Å². The number of hydrogen-bond acceptors (Lipinski definition) is 8. The molecule has 2 aromatic carbocycles. The van der Waals surface area contributed by atoms with Crippen LogP contribution in [0.4, 0.5) is 5.13 Å². The summed E-state index contributed by atoms with van der Waals surface area (Å²) in [5.74, 6) is 1.17. The molecule has 2 aromatic heterocycles. The second-order valence-electron chi connectivity index (χ2n) is 10.6. The molecule has 2 heterocycles. The largest absolute Gasteiger partial charge is 0.493 e. The highest BCUT2D eigenvalue weighted by Crippen LogP contribution is 2.38. The maximum absolute atomic E-state index is 13.9. The number of ether oxygens (including phenoxy) is 2. The molecule has 4 aromatic rings. The van der Waals surface area contributed by atoms with E-state index in [2.05, 4.69) is 4.98 Å². The molecule has 0 saturated heterocycles. The standard InChI is InChI=1S/C30H36N4O5S2/c1-20(2)17-33(18-21(3)4)41(36,37)24-11-9-23(10-12-24)29(35)34(19-22-8-7-13-31-16-22)30-32-25-14-26(38-5)27(39-6)15-28(25)40-30/h7-16,20-21H,17-19H2,1-6H3. The molecule has 0 fully saturated rings. The molecule has 41 heavy (non-hydrogen) atoms. The predicted octanol–water partition coefficient (Wildman–Crippen LogP) is 5.86. The van der Waals surface area contributed by atoms with Crippen LogP contribution >= 0.6 is 11.3 Å². The monoisotopic (exact) mass is 596 g/mol.